The SMILES string of the molecule is Cc1cc(NCCNC(=O)c2ccc(Cl)c(Cl)c2)c(C#N)c(C)n1. The Kier molecular flexibility index (Phi) is 6.02. The third-order valence-corrected chi connectivity index (χ3v) is 4.09. The number of carbonyl (C=O) groups is 1. The van der Waals surface area contributed by atoms with Crippen molar-refractivity contribution in [1.29, 1.82) is 5.26 Å². The van der Waals surface area contributed by atoms with Crippen LogP contribution in [0.5, 0.6) is 0 Å². The maximum atomic E-state index is 12.0. The lowest BCUT2D eigenvalue weighted by atomic mass is 10.1. The number of amides is 1. The Bertz CT molecular complexity index is 815. The smallest absolute Gasteiger partial charge is 0.251 e. The topological polar surface area (TPSA) is 77.8 Å². The van der Waals surface area contributed by atoms with Crippen molar-refractivity contribution in [1.82, 2.24) is 10.3 Å². The Labute approximate surface area is 150 Å². The van der Waals surface area contributed by atoms with Crippen LogP contribution in [0.3, 0.4) is 0 Å². The molecule has 0 unspecified atom stereocenters. The van der Waals surface area contributed by atoms with Gasteiger partial charge in [0.2, 0.25) is 0 Å². The van der Waals surface area contributed by atoms with E-state index in [0.29, 0.717) is 45.6 Å². The number of halogens is 2. The molecule has 0 spiro atoms. The van der Waals surface area contributed by atoms with Crippen LogP contribution in [0.15, 0.2) is 24.3 Å². The van der Waals surface area contributed by atoms with Crippen LogP contribution in [0, 0.1) is 25.2 Å². The van der Waals surface area contributed by atoms with Crippen molar-refractivity contribution in [2.24, 2.45) is 0 Å². The van der Waals surface area contributed by atoms with Gasteiger partial charge in [-0.2, -0.15) is 5.26 Å². The highest BCUT2D eigenvalue weighted by atomic mass is 35.5. The molecular formula is C17H16Cl2N4O. The number of hydrogen-bond acceptors (Lipinski definition) is 4. The van der Waals surface area contributed by atoms with Gasteiger partial charge in [0.05, 0.1) is 27.0 Å². The molecule has 0 bridgehead atoms. The lowest BCUT2D eigenvalue weighted by Crippen LogP contribution is -2.29. The average molecular weight is 363 g/mol. The summed E-state index contributed by atoms with van der Waals surface area (Å²) in [6.45, 7) is 4.53. The van der Waals surface area contributed by atoms with Gasteiger partial charge in [-0.15, -0.1) is 0 Å². The fourth-order valence-electron chi connectivity index (χ4n) is 2.22. The molecule has 0 fully saturated rings. The Morgan fingerprint density at radius 1 is 1.21 bits per heavy atom. The second-order valence-electron chi connectivity index (χ2n) is 5.19. The minimum Gasteiger partial charge on any atom is -0.382 e. The molecule has 0 saturated carbocycles. The van der Waals surface area contributed by atoms with Crippen molar-refractivity contribution < 1.29 is 4.79 Å². The third-order valence-electron chi connectivity index (χ3n) is 3.35. The largest absolute Gasteiger partial charge is 0.382 e. The molecule has 7 heteroatoms. The molecule has 0 saturated heterocycles. The minimum atomic E-state index is -0.238. The number of pyridine rings is 1. The number of rotatable bonds is 5. The third kappa shape index (κ3) is 4.38. The molecule has 1 aromatic carbocycles. The summed E-state index contributed by atoms with van der Waals surface area (Å²) in [5.74, 6) is -0.238. The van der Waals surface area contributed by atoms with Gasteiger partial charge in [0.1, 0.15) is 6.07 Å². The van der Waals surface area contributed by atoms with Crippen molar-refractivity contribution in [3.8, 4) is 6.07 Å². The lowest BCUT2D eigenvalue weighted by Gasteiger charge is -2.11. The van der Waals surface area contributed by atoms with Crippen molar-refractivity contribution in [2.75, 3.05) is 18.4 Å². The molecule has 1 amide bonds. The summed E-state index contributed by atoms with van der Waals surface area (Å²) >= 11 is 11.7. The summed E-state index contributed by atoms with van der Waals surface area (Å²) in [5, 5.41) is 15.9. The molecule has 0 aliphatic carbocycles. The lowest BCUT2D eigenvalue weighted by molar-refractivity contribution is 0.0955. The predicted molar refractivity (Wildman–Crippen MR) is 95.7 cm³/mol. The van der Waals surface area contributed by atoms with Gasteiger partial charge in [-0.3, -0.25) is 9.78 Å². The first kappa shape index (κ1) is 18.1. The quantitative estimate of drug-likeness (QED) is 0.794. The van der Waals surface area contributed by atoms with Gasteiger partial charge < -0.3 is 10.6 Å². The summed E-state index contributed by atoms with van der Waals surface area (Å²) in [6, 6.07) is 8.67. The molecule has 1 heterocycles. The van der Waals surface area contributed by atoms with E-state index in [9.17, 15) is 10.1 Å². The molecule has 2 rings (SSSR count). The van der Waals surface area contributed by atoms with Gasteiger partial charge in [0.25, 0.3) is 5.91 Å². The molecule has 0 atom stereocenters. The van der Waals surface area contributed by atoms with E-state index in [1.54, 1.807) is 19.1 Å². The maximum Gasteiger partial charge on any atom is 0.251 e. The first-order valence-electron chi connectivity index (χ1n) is 7.28. The number of nitrogens with zero attached hydrogens (tertiary/aromatic N) is 2. The molecule has 5 nitrogen and oxygen atoms in total. The monoisotopic (exact) mass is 362 g/mol. The average Bonchev–Trinajstić information content (AvgIpc) is 2.53. The number of anilines is 1. The molecule has 124 valence electrons. The molecule has 24 heavy (non-hydrogen) atoms. The number of nitriles is 1. The van der Waals surface area contributed by atoms with Gasteiger partial charge >= 0.3 is 0 Å². The van der Waals surface area contributed by atoms with Crippen molar-refractivity contribution in [3.63, 3.8) is 0 Å². The van der Waals surface area contributed by atoms with E-state index in [4.69, 9.17) is 23.2 Å². The van der Waals surface area contributed by atoms with Crippen LogP contribution in [0.4, 0.5) is 5.69 Å². The fourth-order valence-corrected chi connectivity index (χ4v) is 2.52. The highest BCUT2D eigenvalue weighted by Gasteiger charge is 2.09. The Morgan fingerprint density at radius 3 is 2.62 bits per heavy atom. The van der Waals surface area contributed by atoms with Crippen molar-refractivity contribution in [3.05, 3.63) is 56.8 Å². The van der Waals surface area contributed by atoms with Gasteiger partial charge in [-0.05, 0) is 38.1 Å². The van der Waals surface area contributed by atoms with Crippen LogP contribution in [0.1, 0.15) is 27.3 Å². The van der Waals surface area contributed by atoms with E-state index in [2.05, 4.69) is 21.7 Å². The van der Waals surface area contributed by atoms with E-state index in [1.165, 1.54) is 6.07 Å². The predicted octanol–water partition coefficient (Wildman–Crippen LogP) is 3.72. The van der Waals surface area contributed by atoms with E-state index in [1.807, 2.05) is 13.0 Å². The van der Waals surface area contributed by atoms with Crippen LogP contribution in [-0.2, 0) is 0 Å². The zero-order valence-corrected chi connectivity index (χ0v) is 14.8. The van der Waals surface area contributed by atoms with Gasteiger partial charge in [-0.1, -0.05) is 23.2 Å². The maximum absolute atomic E-state index is 12.0. The first-order chi connectivity index (χ1) is 11.4. The number of aromatic nitrogens is 1. The highest BCUT2D eigenvalue weighted by Crippen LogP contribution is 2.22. The summed E-state index contributed by atoms with van der Waals surface area (Å²) in [7, 11) is 0. The first-order valence-corrected chi connectivity index (χ1v) is 8.03. The van der Waals surface area contributed by atoms with Crippen LogP contribution >= 0.6 is 23.2 Å². The van der Waals surface area contributed by atoms with Crippen LogP contribution < -0.4 is 10.6 Å². The second kappa shape index (κ2) is 8.00. The van der Waals surface area contributed by atoms with E-state index in [-0.39, 0.29) is 5.91 Å². The molecule has 0 radical (unpaired) electrons. The van der Waals surface area contributed by atoms with Crippen LogP contribution in [-0.4, -0.2) is 24.0 Å². The number of carbonyl (C=O) groups excluding carboxylic acids is 1. The van der Waals surface area contributed by atoms with Crippen molar-refractivity contribution in [2.45, 2.75) is 13.8 Å². The van der Waals surface area contributed by atoms with Gasteiger partial charge in [-0.25, -0.2) is 0 Å². The normalized spacial score (nSPS) is 10.1. The van der Waals surface area contributed by atoms with E-state index in [0.717, 1.165) is 5.69 Å². The number of nitrogens with one attached hydrogen (secondary N) is 2. The van der Waals surface area contributed by atoms with Crippen LogP contribution in [0.2, 0.25) is 10.0 Å². The standard InChI is InChI=1S/C17H16Cl2N4O/c1-10-7-16(13(9-20)11(2)23-10)21-5-6-22-17(24)12-3-4-14(18)15(19)8-12/h3-4,7-8H,5-6H2,1-2H3,(H,21,23)(H,22,24). The van der Waals surface area contributed by atoms with Gasteiger partial charge in [0.15, 0.2) is 0 Å². The van der Waals surface area contributed by atoms with Crippen molar-refractivity contribution >= 4 is 34.8 Å². The molecule has 1 aromatic heterocycles. The molecular weight excluding hydrogens is 347 g/mol. The number of aryl methyl sites for hydroxylation is 2. The zero-order valence-electron chi connectivity index (χ0n) is 13.3. The van der Waals surface area contributed by atoms with Gasteiger partial charge in [0, 0.05) is 24.3 Å². The van der Waals surface area contributed by atoms with E-state index < -0.39 is 0 Å². The molecule has 0 aliphatic rings. The molecule has 0 aliphatic heterocycles. The summed E-state index contributed by atoms with van der Waals surface area (Å²) in [5.41, 5.74) is 3.18. The van der Waals surface area contributed by atoms with Crippen LogP contribution in [0.25, 0.3) is 0 Å². The highest BCUT2D eigenvalue weighted by molar-refractivity contribution is 6.42. The molecule has 2 N–H and O–H groups in total. The molecule has 2 aromatic rings. The summed E-state index contributed by atoms with van der Waals surface area (Å²) in [6.07, 6.45) is 0. The summed E-state index contributed by atoms with van der Waals surface area (Å²) in [4.78, 5) is 16.3. The fraction of sp³-hybridized carbons (Fsp3) is 0.235. The Balaban J connectivity index is 1.92. The minimum absolute atomic E-state index is 0.238. The van der Waals surface area contributed by atoms with E-state index >= 15 is 0 Å². The summed E-state index contributed by atoms with van der Waals surface area (Å²) < 4.78 is 0. The number of benzene rings is 1. The zero-order chi connectivity index (χ0) is 17.7. The Hall–Kier alpha value is -2.29. The number of hydrogen-bond donors (Lipinski definition) is 2. The Morgan fingerprint density at radius 2 is 1.96 bits per heavy atom. The second-order valence-corrected chi connectivity index (χ2v) is 6.01.